The molecule has 0 bridgehead atoms. The maximum Gasteiger partial charge on any atom is 0.308 e. The number of carbonyl (C=O) groups is 2. The first-order valence-corrected chi connectivity index (χ1v) is 6.29. The van der Waals surface area contributed by atoms with E-state index in [2.05, 4.69) is 5.32 Å². The topological polar surface area (TPSA) is 66.4 Å². The van der Waals surface area contributed by atoms with Gasteiger partial charge in [-0.2, -0.15) is 0 Å². The average Bonchev–Trinajstić information content (AvgIpc) is 2.37. The fourth-order valence-corrected chi connectivity index (χ4v) is 1.49. The highest BCUT2D eigenvalue weighted by Crippen LogP contribution is 2.22. The minimum Gasteiger partial charge on any atom is -0.481 e. The Morgan fingerprint density at radius 2 is 2.05 bits per heavy atom. The lowest BCUT2D eigenvalue weighted by atomic mass is 10.2. The van der Waals surface area contributed by atoms with E-state index in [1.54, 1.807) is 24.3 Å². The van der Waals surface area contributed by atoms with Gasteiger partial charge in [0.05, 0.1) is 16.0 Å². The second-order valence-corrected chi connectivity index (χ2v) is 4.81. The summed E-state index contributed by atoms with van der Waals surface area (Å²) in [5.74, 6) is -1.93. The van der Waals surface area contributed by atoms with Crippen molar-refractivity contribution in [1.82, 2.24) is 5.32 Å². The molecule has 1 rings (SSSR count). The van der Waals surface area contributed by atoms with Gasteiger partial charge in [-0.3, -0.25) is 9.59 Å². The molecule has 0 aliphatic heterocycles. The Bertz CT molecular complexity index is 515. The minimum atomic E-state index is -0.950. The van der Waals surface area contributed by atoms with Crippen molar-refractivity contribution >= 4 is 41.2 Å². The molecule has 0 saturated heterocycles. The zero-order valence-electron chi connectivity index (χ0n) is 10.2. The number of hydrogen-bond acceptors (Lipinski definition) is 2. The standard InChI is InChI=1S/C13H13Cl2NO3/c1-8(13(18)19)7-16-12(17)5-3-9-2-4-10(14)11(15)6-9/h2-6,8H,7H2,1H3,(H,16,17)(H,18,19)/b5-3+. The van der Waals surface area contributed by atoms with Crippen LogP contribution in [0, 0.1) is 5.92 Å². The third kappa shape index (κ3) is 5.32. The predicted octanol–water partition coefficient (Wildman–Crippen LogP) is 2.84. The summed E-state index contributed by atoms with van der Waals surface area (Å²) in [7, 11) is 0. The van der Waals surface area contributed by atoms with E-state index in [9.17, 15) is 9.59 Å². The molecular formula is C13H13Cl2NO3. The first-order chi connectivity index (χ1) is 8.90. The molecule has 6 heteroatoms. The number of halogens is 2. The number of hydrogen-bond donors (Lipinski definition) is 2. The molecule has 0 aliphatic carbocycles. The molecule has 0 fully saturated rings. The molecule has 4 nitrogen and oxygen atoms in total. The van der Waals surface area contributed by atoms with Crippen LogP contribution in [0.5, 0.6) is 0 Å². The summed E-state index contributed by atoms with van der Waals surface area (Å²) in [5.41, 5.74) is 0.732. The molecule has 1 aromatic carbocycles. The van der Waals surface area contributed by atoms with Gasteiger partial charge in [0.15, 0.2) is 0 Å². The number of amides is 1. The van der Waals surface area contributed by atoms with Gasteiger partial charge in [0.1, 0.15) is 0 Å². The van der Waals surface area contributed by atoms with Crippen LogP contribution in [-0.4, -0.2) is 23.5 Å². The second kappa shape index (κ2) is 7.16. The van der Waals surface area contributed by atoms with E-state index in [1.807, 2.05) is 0 Å². The summed E-state index contributed by atoms with van der Waals surface area (Å²) in [6.07, 6.45) is 2.89. The van der Waals surface area contributed by atoms with Crippen molar-refractivity contribution in [1.29, 1.82) is 0 Å². The van der Waals surface area contributed by atoms with Crippen LogP contribution in [-0.2, 0) is 9.59 Å². The van der Waals surface area contributed by atoms with Crippen LogP contribution >= 0.6 is 23.2 Å². The van der Waals surface area contributed by atoms with Crippen LogP contribution in [0.3, 0.4) is 0 Å². The molecular weight excluding hydrogens is 289 g/mol. The van der Waals surface area contributed by atoms with E-state index in [1.165, 1.54) is 13.0 Å². The van der Waals surface area contributed by atoms with E-state index in [4.69, 9.17) is 28.3 Å². The molecule has 0 radical (unpaired) electrons. The first kappa shape index (κ1) is 15.5. The van der Waals surface area contributed by atoms with Crippen molar-refractivity contribution < 1.29 is 14.7 Å². The average molecular weight is 302 g/mol. The molecule has 0 aliphatic rings. The zero-order chi connectivity index (χ0) is 14.4. The maximum atomic E-state index is 11.4. The van der Waals surface area contributed by atoms with Crippen molar-refractivity contribution in [2.45, 2.75) is 6.92 Å². The fraction of sp³-hybridized carbons (Fsp3) is 0.231. The lowest BCUT2D eigenvalue weighted by Gasteiger charge is -2.05. The maximum absolute atomic E-state index is 11.4. The van der Waals surface area contributed by atoms with E-state index in [0.29, 0.717) is 10.0 Å². The Hall–Kier alpha value is -1.52. The molecule has 1 amide bonds. The van der Waals surface area contributed by atoms with Gasteiger partial charge in [0, 0.05) is 12.6 Å². The number of carboxylic acids is 1. The molecule has 102 valence electrons. The number of rotatable bonds is 5. The van der Waals surface area contributed by atoms with Crippen LogP contribution in [0.1, 0.15) is 12.5 Å². The molecule has 0 heterocycles. The Labute approximate surface area is 121 Å². The Balaban J connectivity index is 2.54. The molecule has 0 saturated carbocycles. The Morgan fingerprint density at radius 1 is 1.37 bits per heavy atom. The van der Waals surface area contributed by atoms with Crippen LogP contribution in [0.25, 0.3) is 6.08 Å². The van der Waals surface area contributed by atoms with Gasteiger partial charge >= 0.3 is 5.97 Å². The van der Waals surface area contributed by atoms with Crippen LogP contribution in [0.15, 0.2) is 24.3 Å². The van der Waals surface area contributed by atoms with Gasteiger partial charge in [-0.05, 0) is 23.8 Å². The number of nitrogens with one attached hydrogen (secondary N) is 1. The predicted molar refractivity (Wildman–Crippen MR) is 75.3 cm³/mol. The normalized spacial score (nSPS) is 12.4. The van der Waals surface area contributed by atoms with Crippen LogP contribution < -0.4 is 5.32 Å². The number of benzene rings is 1. The van der Waals surface area contributed by atoms with Gasteiger partial charge in [-0.1, -0.05) is 36.2 Å². The van der Waals surface area contributed by atoms with E-state index < -0.39 is 11.9 Å². The summed E-state index contributed by atoms with van der Waals surface area (Å²) in [6.45, 7) is 1.60. The highest BCUT2D eigenvalue weighted by Gasteiger charge is 2.10. The highest BCUT2D eigenvalue weighted by molar-refractivity contribution is 6.42. The molecule has 1 aromatic rings. The van der Waals surface area contributed by atoms with Gasteiger partial charge in [-0.15, -0.1) is 0 Å². The fourth-order valence-electron chi connectivity index (χ4n) is 1.19. The lowest BCUT2D eigenvalue weighted by molar-refractivity contribution is -0.141. The Kier molecular flexibility index (Phi) is 5.86. The van der Waals surface area contributed by atoms with Crippen molar-refractivity contribution in [2.24, 2.45) is 5.92 Å². The Morgan fingerprint density at radius 3 is 2.63 bits per heavy atom. The van der Waals surface area contributed by atoms with E-state index in [-0.39, 0.29) is 12.5 Å². The summed E-state index contributed by atoms with van der Waals surface area (Å²) >= 11 is 11.6. The van der Waals surface area contributed by atoms with Crippen molar-refractivity contribution in [3.05, 3.63) is 39.9 Å². The number of carbonyl (C=O) groups excluding carboxylic acids is 1. The summed E-state index contributed by atoms with van der Waals surface area (Å²) < 4.78 is 0. The first-order valence-electron chi connectivity index (χ1n) is 5.54. The minimum absolute atomic E-state index is 0.0832. The number of aliphatic carboxylic acids is 1. The van der Waals surface area contributed by atoms with Gasteiger partial charge in [-0.25, -0.2) is 0 Å². The largest absolute Gasteiger partial charge is 0.481 e. The van der Waals surface area contributed by atoms with E-state index in [0.717, 1.165) is 5.56 Å². The van der Waals surface area contributed by atoms with Crippen LogP contribution in [0.4, 0.5) is 0 Å². The summed E-state index contributed by atoms with van der Waals surface area (Å²) in [4.78, 5) is 22.0. The van der Waals surface area contributed by atoms with Crippen molar-refractivity contribution in [2.75, 3.05) is 6.54 Å². The molecule has 1 atom stereocenters. The van der Waals surface area contributed by atoms with Crippen molar-refractivity contribution in [3.63, 3.8) is 0 Å². The van der Waals surface area contributed by atoms with Gasteiger partial charge < -0.3 is 10.4 Å². The third-order valence-corrected chi connectivity index (χ3v) is 3.11. The molecule has 0 aromatic heterocycles. The quantitative estimate of drug-likeness (QED) is 0.822. The second-order valence-electron chi connectivity index (χ2n) is 3.99. The molecule has 1 unspecified atom stereocenters. The summed E-state index contributed by atoms with van der Waals surface area (Å²) in [5, 5.41) is 12.0. The lowest BCUT2D eigenvalue weighted by Crippen LogP contribution is -2.30. The third-order valence-electron chi connectivity index (χ3n) is 2.37. The molecule has 19 heavy (non-hydrogen) atoms. The van der Waals surface area contributed by atoms with Gasteiger partial charge in [0.25, 0.3) is 0 Å². The highest BCUT2D eigenvalue weighted by atomic mass is 35.5. The van der Waals surface area contributed by atoms with Crippen LogP contribution in [0.2, 0.25) is 10.0 Å². The zero-order valence-corrected chi connectivity index (χ0v) is 11.7. The smallest absolute Gasteiger partial charge is 0.308 e. The molecule has 0 spiro atoms. The SMILES string of the molecule is CC(CNC(=O)/C=C/c1ccc(Cl)c(Cl)c1)C(=O)O. The van der Waals surface area contributed by atoms with Crippen molar-refractivity contribution in [3.8, 4) is 0 Å². The monoisotopic (exact) mass is 301 g/mol. The summed E-state index contributed by atoms with van der Waals surface area (Å²) in [6, 6.07) is 4.99. The van der Waals surface area contributed by atoms with E-state index >= 15 is 0 Å². The number of carboxylic acid groups (broad SMARTS) is 1. The van der Waals surface area contributed by atoms with Gasteiger partial charge in [0.2, 0.25) is 5.91 Å². The molecule has 2 N–H and O–H groups in total.